The van der Waals surface area contributed by atoms with Gasteiger partial charge in [-0.05, 0) is 48.4 Å². The lowest BCUT2D eigenvalue weighted by Crippen LogP contribution is -2.10. The Morgan fingerprint density at radius 2 is 1.55 bits per heavy atom. The van der Waals surface area contributed by atoms with E-state index in [-0.39, 0.29) is 35.0 Å². The van der Waals surface area contributed by atoms with Crippen LogP contribution in [-0.4, -0.2) is 37.0 Å². The first-order valence-corrected chi connectivity index (χ1v) is 11.2. The number of aromatic carboxylic acids is 1. The molecule has 0 fully saturated rings. The molecule has 8 heteroatoms. The standard InChI is InChI=1S/C23H22O7S/c24-22-15-19(9-12-21(22)23(25)26)29-13-4-14-31(27,28)20-10-7-18(8-11-20)30-16-17-5-2-1-3-6-17/h1-3,5-12,15,24H,4,13-14,16H2,(H,25,26). The molecule has 162 valence electrons. The van der Waals surface area contributed by atoms with Crippen LogP contribution in [0.3, 0.4) is 0 Å². The van der Waals surface area contributed by atoms with Crippen molar-refractivity contribution in [2.45, 2.75) is 17.9 Å². The van der Waals surface area contributed by atoms with Gasteiger partial charge in [-0.25, -0.2) is 13.2 Å². The molecule has 0 atom stereocenters. The Labute approximate surface area is 180 Å². The number of carboxylic acid groups (broad SMARTS) is 1. The van der Waals surface area contributed by atoms with Gasteiger partial charge in [0.2, 0.25) is 0 Å². The van der Waals surface area contributed by atoms with Crippen molar-refractivity contribution in [1.82, 2.24) is 0 Å². The number of phenols is 1. The van der Waals surface area contributed by atoms with Crippen LogP contribution in [-0.2, 0) is 16.4 Å². The van der Waals surface area contributed by atoms with E-state index in [1.807, 2.05) is 30.3 Å². The normalized spacial score (nSPS) is 11.1. The summed E-state index contributed by atoms with van der Waals surface area (Å²) in [5, 5.41) is 18.5. The lowest BCUT2D eigenvalue weighted by molar-refractivity contribution is 0.0693. The Balaban J connectivity index is 1.49. The fourth-order valence-corrected chi connectivity index (χ4v) is 4.11. The van der Waals surface area contributed by atoms with Crippen molar-refractivity contribution in [2.24, 2.45) is 0 Å². The fourth-order valence-electron chi connectivity index (χ4n) is 2.82. The number of carboxylic acids is 1. The molecule has 3 aromatic rings. The quantitative estimate of drug-likeness (QED) is 0.458. The van der Waals surface area contributed by atoms with Gasteiger partial charge in [-0.15, -0.1) is 0 Å². The predicted octanol–water partition coefficient (Wildman–Crippen LogP) is 3.91. The first-order valence-electron chi connectivity index (χ1n) is 9.54. The number of sulfone groups is 1. The Kier molecular flexibility index (Phi) is 7.15. The third-order valence-electron chi connectivity index (χ3n) is 4.46. The second-order valence-corrected chi connectivity index (χ2v) is 8.86. The molecule has 0 unspecified atom stereocenters. The van der Waals surface area contributed by atoms with E-state index >= 15 is 0 Å². The molecule has 0 aromatic heterocycles. The van der Waals surface area contributed by atoms with Crippen LogP contribution in [0.25, 0.3) is 0 Å². The van der Waals surface area contributed by atoms with Gasteiger partial charge < -0.3 is 19.7 Å². The van der Waals surface area contributed by atoms with Crippen molar-refractivity contribution >= 4 is 15.8 Å². The highest BCUT2D eigenvalue weighted by atomic mass is 32.2. The largest absolute Gasteiger partial charge is 0.507 e. The van der Waals surface area contributed by atoms with Crippen molar-refractivity contribution in [3.05, 3.63) is 83.9 Å². The molecule has 0 aliphatic rings. The summed E-state index contributed by atoms with van der Waals surface area (Å²) in [5.41, 5.74) is 0.788. The first kappa shape index (κ1) is 22.2. The molecule has 0 bridgehead atoms. The second kappa shape index (κ2) is 9.99. The number of hydrogen-bond donors (Lipinski definition) is 2. The maximum atomic E-state index is 12.5. The highest BCUT2D eigenvalue weighted by Gasteiger charge is 2.15. The number of benzene rings is 3. The summed E-state index contributed by atoms with van der Waals surface area (Å²) in [6, 6.07) is 19.8. The SMILES string of the molecule is O=C(O)c1ccc(OCCCS(=O)(=O)c2ccc(OCc3ccccc3)cc2)cc1O. The minimum atomic E-state index is -3.49. The minimum Gasteiger partial charge on any atom is -0.507 e. The number of ether oxygens (including phenoxy) is 2. The number of carbonyl (C=O) groups is 1. The Bertz CT molecular complexity index is 1120. The van der Waals surface area contributed by atoms with E-state index in [0.29, 0.717) is 12.4 Å². The average Bonchev–Trinajstić information content (AvgIpc) is 2.76. The number of aromatic hydroxyl groups is 1. The second-order valence-electron chi connectivity index (χ2n) is 6.75. The minimum absolute atomic E-state index is 0.101. The summed E-state index contributed by atoms with van der Waals surface area (Å²) in [4.78, 5) is 11.1. The zero-order chi connectivity index (χ0) is 22.3. The Morgan fingerprint density at radius 1 is 0.871 bits per heavy atom. The van der Waals surface area contributed by atoms with Gasteiger partial charge in [0.1, 0.15) is 29.4 Å². The van der Waals surface area contributed by atoms with E-state index in [2.05, 4.69) is 0 Å². The van der Waals surface area contributed by atoms with Gasteiger partial charge >= 0.3 is 5.97 Å². The van der Waals surface area contributed by atoms with Gasteiger partial charge in [-0.3, -0.25) is 0 Å². The molecule has 0 saturated carbocycles. The summed E-state index contributed by atoms with van der Waals surface area (Å²) >= 11 is 0. The van der Waals surface area contributed by atoms with Gasteiger partial charge in [0.25, 0.3) is 0 Å². The molecule has 3 aromatic carbocycles. The van der Waals surface area contributed by atoms with Crippen LogP contribution in [0.2, 0.25) is 0 Å². The smallest absolute Gasteiger partial charge is 0.339 e. The third-order valence-corrected chi connectivity index (χ3v) is 6.27. The van der Waals surface area contributed by atoms with Crippen molar-refractivity contribution in [3.8, 4) is 17.2 Å². The van der Waals surface area contributed by atoms with Crippen LogP contribution in [0.15, 0.2) is 77.7 Å². The van der Waals surface area contributed by atoms with Crippen LogP contribution >= 0.6 is 0 Å². The van der Waals surface area contributed by atoms with Crippen LogP contribution in [0.1, 0.15) is 22.3 Å². The lowest BCUT2D eigenvalue weighted by Gasteiger charge is -2.09. The maximum Gasteiger partial charge on any atom is 0.339 e. The monoisotopic (exact) mass is 442 g/mol. The molecule has 0 heterocycles. The summed E-state index contributed by atoms with van der Waals surface area (Å²) in [6.07, 6.45) is 0.232. The van der Waals surface area contributed by atoms with Crippen LogP contribution < -0.4 is 9.47 Å². The third kappa shape index (κ3) is 6.23. The molecular formula is C23H22O7S. The van der Waals surface area contributed by atoms with Gasteiger partial charge in [-0.1, -0.05) is 30.3 Å². The van der Waals surface area contributed by atoms with Crippen LogP contribution in [0.5, 0.6) is 17.2 Å². The molecule has 0 saturated heterocycles. The van der Waals surface area contributed by atoms with E-state index < -0.39 is 21.6 Å². The number of hydrogen-bond acceptors (Lipinski definition) is 6. The zero-order valence-electron chi connectivity index (χ0n) is 16.6. The molecule has 0 aliphatic carbocycles. The molecule has 2 N–H and O–H groups in total. The Hall–Kier alpha value is -3.52. The van der Waals surface area contributed by atoms with Gasteiger partial charge in [0, 0.05) is 6.07 Å². The summed E-state index contributed by atoms with van der Waals surface area (Å²) in [6.45, 7) is 0.497. The van der Waals surface area contributed by atoms with E-state index in [1.165, 1.54) is 30.3 Å². The van der Waals surface area contributed by atoms with Gasteiger partial charge in [-0.2, -0.15) is 0 Å². The maximum absolute atomic E-state index is 12.5. The summed E-state index contributed by atoms with van der Waals surface area (Å²) in [7, 11) is -3.49. The van der Waals surface area contributed by atoms with Crippen molar-refractivity contribution in [3.63, 3.8) is 0 Å². The molecule has 0 amide bonds. The van der Waals surface area contributed by atoms with E-state index in [9.17, 15) is 18.3 Å². The predicted molar refractivity (Wildman–Crippen MR) is 114 cm³/mol. The van der Waals surface area contributed by atoms with Crippen molar-refractivity contribution in [2.75, 3.05) is 12.4 Å². The fraction of sp³-hybridized carbons (Fsp3) is 0.174. The highest BCUT2D eigenvalue weighted by molar-refractivity contribution is 7.91. The van der Waals surface area contributed by atoms with E-state index in [4.69, 9.17) is 14.6 Å². The van der Waals surface area contributed by atoms with Crippen LogP contribution in [0.4, 0.5) is 0 Å². The topological polar surface area (TPSA) is 110 Å². The summed E-state index contributed by atoms with van der Waals surface area (Å²) < 4.78 is 36.1. The van der Waals surface area contributed by atoms with Gasteiger partial charge in [0.05, 0.1) is 17.3 Å². The van der Waals surface area contributed by atoms with Crippen molar-refractivity contribution < 1.29 is 32.9 Å². The van der Waals surface area contributed by atoms with Crippen molar-refractivity contribution in [1.29, 1.82) is 0 Å². The molecule has 0 aliphatic heterocycles. The summed E-state index contributed by atoms with van der Waals surface area (Å²) in [5.74, 6) is -0.925. The highest BCUT2D eigenvalue weighted by Crippen LogP contribution is 2.24. The van der Waals surface area contributed by atoms with E-state index in [0.717, 1.165) is 5.56 Å². The van der Waals surface area contributed by atoms with E-state index in [1.54, 1.807) is 12.1 Å². The molecule has 31 heavy (non-hydrogen) atoms. The molecule has 0 spiro atoms. The van der Waals surface area contributed by atoms with Gasteiger partial charge in [0.15, 0.2) is 9.84 Å². The first-order chi connectivity index (χ1) is 14.8. The average molecular weight is 442 g/mol. The van der Waals surface area contributed by atoms with Crippen LogP contribution in [0, 0.1) is 0 Å². The zero-order valence-corrected chi connectivity index (χ0v) is 17.4. The molecule has 3 rings (SSSR count). The molecule has 7 nitrogen and oxygen atoms in total. The number of rotatable bonds is 10. The lowest BCUT2D eigenvalue weighted by atomic mass is 10.2. The molecular weight excluding hydrogens is 420 g/mol. The molecule has 0 radical (unpaired) electrons. The Morgan fingerprint density at radius 3 is 2.19 bits per heavy atom.